The lowest BCUT2D eigenvalue weighted by Gasteiger charge is -2.35. The molecule has 0 bridgehead atoms. The summed E-state index contributed by atoms with van der Waals surface area (Å²) < 4.78 is 10.4. The minimum absolute atomic E-state index is 0.0354. The number of aliphatic hydroxyl groups is 1. The van der Waals surface area contributed by atoms with E-state index >= 15 is 0 Å². The molecule has 1 aliphatic heterocycles. The van der Waals surface area contributed by atoms with Crippen LogP contribution in [0.5, 0.6) is 5.75 Å². The Morgan fingerprint density at radius 2 is 1.96 bits per heavy atom. The second-order valence-electron chi connectivity index (χ2n) is 6.31. The highest BCUT2D eigenvalue weighted by Gasteiger charge is 2.32. The molecule has 0 spiro atoms. The van der Waals surface area contributed by atoms with Gasteiger partial charge < -0.3 is 24.8 Å². The van der Waals surface area contributed by atoms with Gasteiger partial charge in [-0.25, -0.2) is 0 Å². The summed E-state index contributed by atoms with van der Waals surface area (Å²) in [4.78, 5) is 25.7. The summed E-state index contributed by atoms with van der Waals surface area (Å²) >= 11 is 0. The molecule has 2 aromatic carbocycles. The van der Waals surface area contributed by atoms with Gasteiger partial charge in [0.25, 0.3) is 5.91 Å². The Labute approximate surface area is 157 Å². The van der Waals surface area contributed by atoms with Gasteiger partial charge in [0.2, 0.25) is 5.91 Å². The van der Waals surface area contributed by atoms with E-state index in [1.807, 2.05) is 0 Å². The van der Waals surface area contributed by atoms with E-state index in [1.165, 1.54) is 12.0 Å². The van der Waals surface area contributed by atoms with Gasteiger partial charge in [0.15, 0.2) is 0 Å². The van der Waals surface area contributed by atoms with E-state index in [4.69, 9.17) is 9.47 Å². The van der Waals surface area contributed by atoms with E-state index in [2.05, 4.69) is 5.32 Å². The van der Waals surface area contributed by atoms with Gasteiger partial charge in [-0.15, -0.1) is 0 Å². The predicted octanol–water partition coefficient (Wildman–Crippen LogP) is 1.84. The molecule has 1 heterocycles. The Kier molecular flexibility index (Phi) is 5.73. The zero-order chi connectivity index (χ0) is 19.4. The van der Waals surface area contributed by atoms with Crippen LogP contribution >= 0.6 is 0 Å². The number of hydrogen-bond donors (Lipinski definition) is 2. The molecule has 1 aliphatic rings. The lowest BCUT2D eigenvalue weighted by atomic mass is 10.0. The van der Waals surface area contributed by atoms with Gasteiger partial charge in [0.1, 0.15) is 18.5 Å². The SMILES string of the molecule is COc1ccccc1C(=O)Nc1ccc(C(O)C2COCC(=O)N2C)cc1. The maximum Gasteiger partial charge on any atom is 0.259 e. The second-order valence-corrected chi connectivity index (χ2v) is 6.31. The zero-order valence-electron chi connectivity index (χ0n) is 15.2. The summed E-state index contributed by atoms with van der Waals surface area (Å²) in [6, 6.07) is 13.4. The Morgan fingerprint density at radius 3 is 2.67 bits per heavy atom. The molecular formula is C20H22N2O5. The van der Waals surface area contributed by atoms with Crippen LogP contribution in [0.15, 0.2) is 48.5 Å². The average molecular weight is 370 g/mol. The summed E-state index contributed by atoms with van der Waals surface area (Å²) in [6.45, 7) is 0.309. The maximum absolute atomic E-state index is 12.4. The number of ether oxygens (including phenoxy) is 2. The van der Waals surface area contributed by atoms with Gasteiger partial charge in [-0.3, -0.25) is 9.59 Å². The lowest BCUT2D eigenvalue weighted by molar-refractivity contribution is -0.151. The molecule has 7 nitrogen and oxygen atoms in total. The number of amides is 2. The molecule has 0 radical (unpaired) electrons. The highest BCUT2D eigenvalue weighted by molar-refractivity contribution is 6.06. The Morgan fingerprint density at radius 1 is 1.26 bits per heavy atom. The van der Waals surface area contributed by atoms with Gasteiger partial charge >= 0.3 is 0 Å². The van der Waals surface area contributed by atoms with Crippen molar-refractivity contribution in [3.63, 3.8) is 0 Å². The van der Waals surface area contributed by atoms with Crippen molar-refractivity contribution in [1.29, 1.82) is 0 Å². The van der Waals surface area contributed by atoms with Crippen molar-refractivity contribution >= 4 is 17.5 Å². The minimum Gasteiger partial charge on any atom is -0.496 e. The monoisotopic (exact) mass is 370 g/mol. The summed E-state index contributed by atoms with van der Waals surface area (Å²) in [5.41, 5.74) is 1.66. The largest absolute Gasteiger partial charge is 0.496 e. The van der Waals surface area contributed by atoms with E-state index in [-0.39, 0.29) is 25.0 Å². The number of methoxy groups -OCH3 is 1. The first-order valence-electron chi connectivity index (χ1n) is 8.57. The number of morpholine rings is 1. The molecule has 2 N–H and O–H groups in total. The fourth-order valence-electron chi connectivity index (χ4n) is 2.98. The molecule has 1 saturated heterocycles. The number of anilines is 1. The summed E-state index contributed by atoms with van der Waals surface area (Å²) in [5.74, 6) is 0.0461. The molecular weight excluding hydrogens is 348 g/mol. The highest BCUT2D eigenvalue weighted by Crippen LogP contribution is 2.25. The zero-order valence-corrected chi connectivity index (χ0v) is 15.2. The first-order valence-corrected chi connectivity index (χ1v) is 8.57. The van der Waals surface area contributed by atoms with Gasteiger partial charge in [0.05, 0.1) is 25.3 Å². The number of likely N-dealkylation sites (N-methyl/N-ethyl adjacent to an activating group) is 1. The van der Waals surface area contributed by atoms with Crippen LogP contribution in [0.3, 0.4) is 0 Å². The van der Waals surface area contributed by atoms with Crippen molar-refractivity contribution in [1.82, 2.24) is 4.90 Å². The van der Waals surface area contributed by atoms with Gasteiger partial charge in [-0.05, 0) is 29.8 Å². The average Bonchev–Trinajstić information content (AvgIpc) is 2.70. The second kappa shape index (κ2) is 8.20. The van der Waals surface area contributed by atoms with Crippen LogP contribution in [0.4, 0.5) is 5.69 Å². The molecule has 7 heteroatoms. The predicted molar refractivity (Wildman–Crippen MR) is 99.7 cm³/mol. The van der Waals surface area contributed by atoms with Crippen LogP contribution in [-0.4, -0.2) is 55.2 Å². The van der Waals surface area contributed by atoms with Crippen LogP contribution < -0.4 is 10.1 Å². The van der Waals surface area contributed by atoms with Gasteiger partial charge in [0, 0.05) is 12.7 Å². The molecule has 2 unspecified atom stereocenters. The van der Waals surface area contributed by atoms with Crippen molar-refractivity contribution in [2.75, 3.05) is 32.7 Å². The Bertz CT molecular complexity index is 821. The third-order valence-corrected chi connectivity index (χ3v) is 4.63. The number of nitrogens with one attached hydrogen (secondary N) is 1. The molecule has 1 fully saturated rings. The van der Waals surface area contributed by atoms with E-state index in [1.54, 1.807) is 55.6 Å². The number of aliphatic hydroxyl groups excluding tert-OH is 1. The Hall–Kier alpha value is -2.90. The van der Waals surface area contributed by atoms with Crippen molar-refractivity contribution in [2.45, 2.75) is 12.1 Å². The Balaban J connectivity index is 1.70. The molecule has 3 rings (SSSR count). The number of nitrogens with zero attached hydrogens (tertiary/aromatic N) is 1. The maximum atomic E-state index is 12.4. The van der Waals surface area contributed by atoms with E-state index < -0.39 is 12.1 Å². The van der Waals surface area contributed by atoms with Gasteiger partial charge in [-0.2, -0.15) is 0 Å². The summed E-state index contributed by atoms with van der Waals surface area (Å²) in [6.07, 6.45) is -0.877. The summed E-state index contributed by atoms with van der Waals surface area (Å²) in [7, 11) is 3.17. The van der Waals surface area contributed by atoms with Crippen LogP contribution in [0.1, 0.15) is 22.0 Å². The van der Waals surface area contributed by atoms with Crippen LogP contribution in [0.25, 0.3) is 0 Å². The number of hydrogen-bond acceptors (Lipinski definition) is 5. The normalized spacial score (nSPS) is 18.1. The molecule has 0 aromatic heterocycles. The number of carbonyl (C=O) groups is 2. The quantitative estimate of drug-likeness (QED) is 0.839. The molecule has 142 valence electrons. The number of benzene rings is 2. The lowest BCUT2D eigenvalue weighted by Crippen LogP contribution is -2.49. The smallest absolute Gasteiger partial charge is 0.259 e. The van der Waals surface area contributed by atoms with Crippen molar-refractivity contribution in [2.24, 2.45) is 0 Å². The van der Waals surface area contributed by atoms with Crippen molar-refractivity contribution in [3.05, 3.63) is 59.7 Å². The number of carbonyl (C=O) groups excluding carboxylic acids is 2. The van der Waals surface area contributed by atoms with E-state index in [0.717, 1.165) is 0 Å². The first-order chi connectivity index (χ1) is 13.0. The number of rotatable bonds is 5. The molecule has 0 aliphatic carbocycles. The molecule has 27 heavy (non-hydrogen) atoms. The third kappa shape index (κ3) is 4.10. The standard InChI is InChI=1S/C20H22N2O5/c1-22-16(11-27-12-18(22)23)19(24)13-7-9-14(10-8-13)21-20(25)15-5-3-4-6-17(15)26-2/h3-10,16,19,24H,11-12H2,1-2H3,(H,21,25). The fourth-order valence-corrected chi connectivity index (χ4v) is 2.98. The van der Waals surface area contributed by atoms with Crippen LogP contribution in [0, 0.1) is 0 Å². The minimum atomic E-state index is -0.877. The van der Waals surface area contributed by atoms with Crippen molar-refractivity contribution < 1.29 is 24.2 Å². The number of para-hydroxylation sites is 1. The first kappa shape index (κ1) is 18.9. The molecule has 2 atom stereocenters. The molecule has 2 aromatic rings. The topological polar surface area (TPSA) is 88.1 Å². The third-order valence-electron chi connectivity index (χ3n) is 4.63. The van der Waals surface area contributed by atoms with Crippen LogP contribution in [0.2, 0.25) is 0 Å². The fraction of sp³-hybridized carbons (Fsp3) is 0.300. The molecule has 0 saturated carbocycles. The highest BCUT2D eigenvalue weighted by atomic mass is 16.5. The van der Waals surface area contributed by atoms with Crippen molar-refractivity contribution in [3.8, 4) is 5.75 Å². The summed E-state index contributed by atoms with van der Waals surface area (Å²) in [5, 5.41) is 13.4. The van der Waals surface area contributed by atoms with Crippen LogP contribution in [-0.2, 0) is 9.53 Å². The van der Waals surface area contributed by atoms with Gasteiger partial charge in [-0.1, -0.05) is 24.3 Å². The molecule has 2 amide bonds. The van der Waals surface area contributed by atoms with E-state index in [0.29, 0.717) is 22.6 Å². The van der Waals surface area contributed by atoms with E-state index in [9.17, 15) is 14.7 Å².